The number of rotatable bonds is 3. The summed E-state index contributed by atoms with van der Waals surface area (Å²) in [6.45, 7) is 5.78. The average molecular weight is 159 g/mol. The molecule has 63 valence electrons. The first-order valence-corrected chi connectivity index (χ1v) is 4.32. The Morgan fingerprint density at radius 3 is 2.92 bits per heavy atom. The molecular weight excluding hydrogens is 144 g/mol. The third-order valence-electron chi connectivity index (χ3n) is 1.85. The maximum atomic E-state index is 3.65. The van der Waals surface area contributed by atoms with Crippen LogP contribution in [0.2, 0.25) is 0 Å². The Bertz CT molecular complexity index is 258. The van der Waals surface area contributed by atoms with E-state index < -0.39 is 0 Å². The summed E-state index contributed by atoms with van der Waals surface area (Å²) in [5.74, 6) is 0. The van der Waals surface area contributed by atoms with Crippen molar-refractivity contribution >= 4 is 0 Å². The second-order valence-corrected chi connectivity index (χ2v) is 3.00. The maximum Gasteiger partial charge on any atom is -0.0244 e. The molecule has 0 unspecified atom stereocenters. The number of hydrogen-bond donors (Lipinski definition) is 0. The third kappa shape index (κ3) is 2.91. The lowest BCUT2D eigenvalue weighted by molar-refractivity contribution is 0.998. The molecule has 0 spiro atoms. The van der Waals surface area contributed by atoms with Crippen LogP contribution in [-0.4, -0.2) is 0 Å². The highest BCUT2D eigenvalue weighted by Gasteiger charge is 1.90. The molecule has 0 atom stereocenters. The fourth-order valence-electron chi connectivity index (χ4n) is 1.24. The highest BCUT2D eigenvalue weighted by Crippen LogP contribution is 2.06. The van der Waals surface area contributed by atoms with Crippen molar-refractivity contribution in [2.24, 2.45) is 0 Å². The van der Waals surface area contributed by atoms with Gasteiger partial charge in [-0.1, -0.05) is 42.0 Å². The number of allylic oxidation sites excluding steroid dienone is 2. The number of benzene rings is 1. The fraction of sp³-hybridized carbons (Fsp3) is 0.250. The predicted octanol–water partition coefficient (Wildman–Crippen LogP) is 3.32. The molecule has 0 aliphatic carbocycles. The Morgan fingerprint density at radius 2 is 2.25 bits per heavy atom. The van der Waals surface area contributed by atoms with Gasteiger partial charge in [-0.15, -0.1) is 0 Å². The summed E-state index contributed by atoms with van der Waals surface area (Å²) in [6.07, 6.45) is 6.17. The van der Waals surface area contributed by atoms with Crippen LogP contribution in [0.15, 0.2) is 36.4 Å². The van der Waals surface area contributed by atoms with Crippen molar-refractivity contribution in [3.63, 3.8) is 0 Å². The van der Waals surface area contributed by atoms with E-state index in [2.05, 4.69) is 44.2 Å². The predicted molar refractivity (Wildman–Crippen MR) is 54.0 cm³/mol. The maximum absolute atomic E-state index is 3.65. The molecule has 0 aliphatic rings. The van der Waals surface area contributed by atoms with Gasteiger partial charge in [0, 0.05) is 0 Å². The SMILES string of the molecule is [CH2]C=CCCc1cccc(C)c1. The van der Waals surface area contributed by atoms with Crippen molar-refractivity contribution in [1.29, 1.82) is 0 Å². The van der Waals surface area contributed by atoms with E-state index in [0.29, 0.717) is 0 Å². The largest absolute Gasteiger partial charge is 0.0882 e. The molecule has 0 amide bonds. The molecule has 0 heterocycles. The molecule has 0 aromatic heterocycles. The minimum absolute atomic E-state index is 1.09. The smallest absolute Gasteiger partial charge is 0.0244 e. The summed E-state index contributed by atoms with van der Waals surface area (Å²) >= 11 is 0. The van der Waals surface area contributed by atoms with Crippen LogP contribution in [0.25, 0.3) is 0 Å². The zero-order valence-electron chi connectivity index (χ0n) is 7.59. The molecule has 1 aromatic rings. The fourth-order valence-corrected chi connectivity index (χ4v) is 1.24. The Balaban J connectivity index is 2.52. The van der Waals surface area contributed by atoms with Gasteiger partial charge in [0.15, 0.2) is 0 Å². The zero-order valence-corrected chi connectivity index (χ0v) is 7.59. The minimum Gasteiger partial charge on any atom is -0.0882 e. The van der Waals surface area contributed by atoms with E-state index in [9.17, 15) is 0 Å². The van der Waals surface area contributed by atoms with Gasteiger partial charge in [0.2, 0.25) is 0 Å². The standard InChI is InChI=1S/C12H15/c1-3-4-5-8-12-9-6-7-11(2)10-12/h3-4,6-7,9-10H,1,5,8H2,2H3. The highest BCUT2D eigenvalue weighted by molar-refractivity contribution is 5.22. The summed E-state index contributed by atoms with van der Waals surface area (Å²) in [6, 6.07) is 8.64. The van der Waals surface area contributed by atoms with Crippen molar-refractivity contribution in [2.75, 3.05) is 0 Å². The molecule has 0 nitrogen and oxygen atoms in total. The number of hydrogen-bond acceptors (Lipinski definition) is 0. The second-order valence-electron chi connectivity index (χ2n) is 3.00. The van der Waals surface area contributed by atoms with Crippen molar-refractivity contribution in [1.82, 2.24) is 0 Å². The van der Waals surface area contributed by atoms with Gasteiger partial charge in [-0.05, 0) is 32.3 Å². The lowest BCUT2D eigenvalue weighted by Gasteiger charge is -1.98. The van der Waals surface area contributed by atoms with E-state index in [4.69, 9.17) is 0 Å². The van der Waals surface area contributed by atoms with E-state index in [0.717, 1.165) is 12.8 Å². The topological polar surface area (TPSA) is 0 Å². The van der Waals surface area contributed by atoms with E-state index >= 15 is 0 Å². The molecule has 0 fully saturated rings. The summed E-state index contributed by atoms with van der Waals surface area (Å²) in [5.41, 5.74) is 2.75. The normalized spacial score (nSPS) is 10.8. The summed E-state index contributed by atoms with van der Waals surface area (Å²) in [4.78, 5) is 0. The average Bonchev–Trinajstić information content (AvgIpc) is 2.05. The summed E-state index contributed by atoms with van der Waals surface area (Å²) < 4.78 is 0. The zero-order chi connectivity index (χ0) is 8.81. The summed E-state index contributed by atoms with van der Waals surface area (Å²) in [7, 11) is 0. The molecule has 1 aromatic carbocycles. The minimum atomic E-state index is 1.09. The Morgan fingerprint density at radius 1 is 1.42 bits per heavy atom. The van der Waals surface area contributed by atoms with Gasteiger partial charge in [-0.25, -0.2) is 0 Å². The molecule has 0 aliphatic heterocycles. The van der Waals surface area contributed by atoms with Crippen molar-refractivity contribution in [3.8, 4) is 0 Å². The Kier molecular flexibility index (Phi) is 3.59. The first-order chi connectivity index (χ1) is 5.83. The molecular formula is C12H15. The van der Waals surface area contributed by atoms with Crippen LogP contribution in [0.5, 0.6) is 0 Å². The Labute approximate surface area is 74.9 Å². The van der Waals surface area contributed by atoms with Crippen molar-refractivity contribution < 1.29 is 0 Å². The monoisotopic (exact) mass is 159 g/mol. The van der Waals surface area contributed by atoms with Crippen LogP contribution in [0.3, 0.4) is 0 Å². The highest BCUT2D eigenvalue weighted by atomic mass is 14.0. The molecule has 0 saturated heterocycles. The second kappa shape index (κ2) is 4.76. The first kappa shape index (κ1) is 9.05. The van der Waals surface area contributed by atoms with Gasteiger partial charge in [0.1, 0.15) is 0 Å². The lowest BCUT2D eigenvalue weighted by Crippen LogP contribution is -1.83. The molecule has 0 heteroatoms. The van der Waals surface area contributed by atoms with Gasteiger partial charge in [0.25, 0.3) is 0 Å². The molecule has 12 heavy (non-hydrogen) atoms. The van der Waals surface area contributed by atoms with Crippen molar-refractivity contribution in [2.45, 2.75) is 19.8 Å². The first-order valence-electron chi connectivity index (χ1n) is 4.32. The van der Waals surface area contributed by atoms with Crippen LogP contribution in [-0.2, 0) is 6.42 Å². The molecule has 0 N–H and O–H groups in total. The molecule has 1 rings (SSSR count). The van der Waals surface area contributed by atoms with E-state index in [1.807, 2.05) is 6.08 Å². The van der Waals surface area contributed by atoms with Gasteiger partial charge in [-0.2, -0.15) is 0 Å². The Hall–Kier alpha value is -1.04. The molecule has 0 saturated carbocycles. The molecule has 1 radical (unpaired) electrons. The van der Waals surface area contributed by atoms with Crippen molar-refractivity contribution in [3.05, 3.63) is 54.5 Å². The van der Waals surface area contributed by atoms with Gasteiger partial charge < -0.3 is 0 Å². The van der Waals surface area contributed by atoms with Gasteiger partial charge in [-0.3, -0.25) is 0 Å². The summed E-state index contributed by atoms with van der Waals surface area (Å²) in [5, 5.41) is 0. The van der Waals surface area contributed by atoms with Crippen LogP contribution >= 0.6 is 0 Å². The third-order valence-corrected chi connectivity index (χ3v) is 1.85. The van der Waals surface area contributed by atoms with E-state index in [1.54, 1.807) is 0 Å². The van der Waals surface area contributed by atoms with Crippen LogP contribution in [0.1, 0.15) is 17.5 Å². The quantitative estimate of drug-likeness (QED) is 0.634. The van der Waals surface area contributed by atoms with E-state index in [1.165, 1.54) is 11.1 Å². The van der Waals surface area contributed by atoms with Gasteiger partial charge in [0.05, 0.1) is 0 Å². The van der Waals surface area contributed by atoms with E-state index in [-0.39, 0.29) is 0 Å². The van der Waals surface area contributed by atoms with Crippen LogP contribution < -0.4 is 0 Å². The van der Waals surface area contributed by atoms with Crippen LogP contribution in [0.4, 0.5) is 0 Å². The van der Waals surface area contributed by atoms with Crippen LogP contribution in [0, 0.1) is 13.8 Å². The molecule has 0 bridgehead atoms. The lowest BCUT2D eigenvalue weighted by atomic mass is 10.1. The van der Waals surface area contributed by atoms with Gasteiger partial charge >= 0.3 is 0 Å². The number of aryl methyl sites for hydroxylation is 2.